The number of hydrogen-bond donors (Lipinski definition) is 0. The van der Waals surface area contributed by atoms with Gasteiger partial charge < -0.3 is 4.74 Å². The van der Waals surface area contributed by atoms with Crippen molar-refractivity contribution in [1.82, 2.24) is 4.31 Å². The molecule has 0 aliphatic carbocycles. The van der Waals surface area contributed by atoms with E-state index in [0.29, 0.717) is 5.02 Å². The standard InChI is InChI=1S/C16H15Cl2NO4S/c1-19(10-11-4-3-5-12(17)8-11)24(21,22)13-6-7-15(18)14(9-13)16(20)23-2/h3-9H,10H2,1-2H3. The maximum Gasteiger partial charge on any atom is 0.339 e. The Morgan fingerprint density at radius 1 is 1.17 bits per heavy atom. The van der Waals surface area contributed by atoms with Crippen molar-refractivity contribution in [1.29, 1.82) is 0 Å². The molecule has 0 fully saturated rings. The molecule has 0 N–H and O–H groups in total. The van der Waals surface area contributed by atoms with Crippen molar-refractivity contribution in [3.8, 4) is 0 Å². The Kier molecular flexibility index (Phi) is 5.87. The summed E-state index contributed by atoms with van der Waals surface area (Å²) in [7, 11) is -1.16. The van der Waals surface area contributed by atoms with Crippen LogP contribution in [0.4, 0.5) is 0 Å². The molecule has 0 radical (unpaired) electrons. The van der Waals surface area contributed by atoms with E-state index in [1.54, 1.807) is 24.3 Å². The molecule has 8 heteroatoms. The van der Waals surface area contributed by atoms with Gasteiger partial charge >= 0.3 is 5.97 Å². The average Bonchev–Trinajstić information content (AvgIpc) is 2.54. The summed E-state index contributed by atoms with van der Waals surface area (Å²) in [5.41, 5.74) is 0.743. The van der Waals surface area contributed by atoms with Crippen molar-refractivity contribution < 1.29 is 17.9 Å². The fourth-order valence-electron chi connectivity index (χ4n) is 2.09. The molecule has 0 aliphatic rings. The molecular formula is C16H15Cl2NO4S. The molecule has 2 rings (SSSR count). The fraction of sp³-hybridized carbons (Fsp3) is 0.188. The summed E-state index contributed by atoms with van der Waals surface area (Å²) in [5.74, 6) is -0.699. The molecule has 2 aromatic carbocycles. The van der Waals surface area contributed by atoms with Crippen LogP contribution in [-0.4, -0.2) is 32.8 Å². The second kappa shape index (κ2) is 7.53. The van der Waals surface area contributed by atoms with E-state index in [-0.39, 0.29) is 22.0 Å². The second-order valence-electron chi connectivity index (χ2n) is 5.02. The molecule has 5 nitrogen and oxygen atoms in total. The minimum Gasteiger partial charge on any atom is -0.465 e. The van der Waals surface area contributed by atoms with Crippen LogP contribution in [0.3, 0.4) is 0 Å². The molecule has 0 heterocycles. The molecule has 0 atom stereocenters. The molecule has 0 saturated heterocycles. The average molecular weight is 388 g/mol. The SMILES string of the molecule is COC(=O)c1cc(S(=O)(=O)N(C)Cc2cccc(Cl)c2)ccc1Cl. The Morgan fingerprint density at radius 2 is 1.88 bits per heavy atom. The number of carbonyl (C=O) groups is 1. The lowest BCUT2D eigenvalue weighted by atomic mass is 10.2. The summed E-state index contributed by atoms with van der Waals surface area (Å²) in [5, 5.41) is 0.649. The largest absolute Gasteiger partial charge is 0.465 e. The molecule has 0 unspecified atom stereocenters. The van der Waals surface area contributed by atoms with Gasteiger partial charge in [0.05, 0.1) is 22.6 Å². The van der Waals surface area contributed by atoms with E-state index in [1.807, 2.05) is 0 Å². The summed E-state index contributed by atoms with van der Waals surface area (Å²) in [6.07, 6.45) is 0. The molecule has 0 spiro atoms. The summed E-state index contributed by atoms with van der Waals surface area (Å²) >= 11 is 11.8. The zero-order chi connectivity index (χ0) is 17.9. The smallest absolute Gasteiger partial charge is 0.339 e. The maximum absolute atomic E-state index is 12.7. The van der Waals surface area contributed by atoms with Gasteiger partial charge in [-0.05, 0) is 35.9 Å². The third-order valence-electron chi connectivity index (χ3n) is 3.35. The van der Waals surface area contributed by atoms with Crippen LogP contribution in [0.1, 0.15) is 15.9 Å². The van der Waals surface area contributed by atoms with E-state index in [1.165, 1.54) is 36.7 Å². The van der Waals surface area contributed by atoms with Crippen LogP contribution in [0.5, 0.6) is 0 Å². The van der Waals surface area contributed by atoms with Gasteiger partial charge in [-0.1, -0.05) is 35.3 Å². The van der Waals surface area contributed by atoms with Crippen LogP contribution in [0.2, 0.25) is 10.0 Å². The van der Waals surface area contributed by atoms with Gasteiger partial charge in [0.1, 0.15) is 0 Å². The second-order valence-corrected chi connectivity index (χ2v) is 7.91. The van der Waals surface area contributed by atoms with Crippen molar-refractivity contribution in [3.05, 3.63) is 63.6 Å². The minimum absolute atomic E-state index is 0.00334. The van der Waals surface area contributed by atoms with Crippen LogP contribution in [0, 0.1) is 0 Å². The lowest BCUT2D eigenvalue weighted by Crippen LogP contribution is -2.26. The molecule has 0 saturated carbocycles. The number of sulfonamides is 1. The first kappa shape index (κ1) is 18.7. The van der Waals surface area contributed by atoms with E-state index in [0.717, 1.165) is 5.56 Å². The first-order valence-electron chi connectivity index (χ1n) is 6.84. The van der Waals surface area contributed by atoms with Crippen LogP contribution in [-0.2, 0) is 21.3 Å². The maximum atomic E-state index is 12.7. The molecule has 0 aromatic heterocycles. The minimum atomic E-state index is -3.81. The topological polar surface area (TPSA) is 63.7 Å². The van der Waals surface area contributed by atoms with Crippen LogP contribution in [0.25, 0.3) is 0 Å². The monoisotopic (exact) mass is 387 g/mol. The van der Waals surface area contributed by atoms with Crippen molar-refractivity contribution >= 4 is 39.2 Å². The Balaban J connectivity index is 2.34. The van der Waals surface area contributed by atoms with Gasteiger partial charge in [0.2, 0.25) is 10.0 Å². The highest BCUT2D eigenvalue weighted by Crippen LogP contribution is 2.24. The zero-order valence-electron chi connectivity index (χ0n) is 13.0. The Bertz CT molecular complexity index is 868. The van der Waals surface area contributed by atoms with E-state index in [9.17, 15) is 13.2 Å². The van der Waals surface area contributed by atoms with Gasteiger partial charge in [-0.25, -0.2) is 13.2 Å². The van der Waals surface area contributed by atoms with Gasteiger partial charge in [-0.3, -0.25) is 0 Å². The molecule has 0 amide bonds. The Morgan fingerprint density at radius 3 is 2.50 bits per heavy atom. The van der Waals surface area contributed by atoms with Crippen LogP contribution >= 0.6 is 23.2 Å². The number of benzene rings is 2. The third kappa shape index (κ3) is 4.08. The molecule has 128 valence electrons. The van der Waals surface area contributed by atoms with Gasteiger partial charge in [-0.15, -0.1) is 0 Å². The van der Waals surface area contributed by atoms with Crippen molar-refractivity contribution in [2.75, 3.05) is 14.2 Å². The van der Waals surface area contributed by atoms with E-state index in [2.05, 4.69) is 4.74 Å². The number of ether oxygens (including phenoxy) is 1. The molecule has 2 aromatic rings. The summed E-state index contributed by atoms with van der Waals surface area (Å²) in [6, 6.07) is 10.8. The van der Waals surface area contributed by atoms with E-state index >= 15 is 0 Å². The first-order valence-corrected chi connectivity index (χ1v) is 9.04. The Labute approximate surface area is 150 Å². The van der Waals surface area contributed by atoms with Crippen LogP contribution in [0.15, 0.2) is 47.4 Å². The lowest BCUT2D eigenvalue weighted by Gasteiger charge is -2.18. The first-order chi connectivity index (χ1) is 11.3. The van der Waals surface area contributed by atoms with Gasteiger partial charge in [0.15, 0.2) is 0 Å². The number of hydrogen-bond acceptors (Lipinski definition) is 4. The number of halogens is 2. The number of esters is 1. The fourth-order valence-corrected chi connectivity index (χ4v) is 3.68. The molecule has 24 heavy (non-hydrogen) atoms. The normalized spacial score (nSPS) is 11.5. The molecule has 0 bridgehead atoms. The Hall–Kier alpha value is -1.60. The van der Waals surface area contributed by atoms with Gasteiger partial charge in [0.25, 0.3) is 0 Å². The highest BCUT2D eigenvalue weighted by atomic mass is 35.5. The van der Waals surface area contributed by atoms with Gasteiger partial charge in [-0.2, -0.15) is 4.31 Å². The predicted molar refractivity (Wildman–Crippen MR) is 92.9 cm³/mol. The number of carbonyl (C=O) groups excluding carboxylic acids is 1. The third-order valence-corrected chi connectivity index (χ3v) is 5.71. The quantitative estimate of drug-likeness (QED) is 0.735. The summed E-state index contributed by atoms with van der Waals surface area (Å²) < 4.78 is 31.2. The number of methoxy groups -OCH3 is 1. The predicted octanol–water partition coefficient (Wildman–Crippen LogP) is 3.60. The van der Waals surface area contributed by atoms with Crippen LogP contribution < -0.4 is 0 Å². The highest BCUT2D eigenvalue weighted by molar-refractivity contribution is 7.89. The molecular weight excluding hydrogens is 373 g/mol. The van der Waals surface area contributed by atoms with Crippen molar-refractivity contribution in [3.63, 3.8) is 0 Å². The summed E-state index contributed by atoms with van der Waals surface area (Å²) in [6.45, 7) is 0.138. The summed E-state index contributed by atoms with van der Waals surface area (Å²) in [4.78, 5) is 11.6. The lowest BCUT2D eigenvalue weighted by molar-refractivity contribution is 0.0600. The molecule has 0 aliphatic heterocycles. The zero-order valence-corrected chi connectivity index (χ0v) is 15.3. The van der Waals surface area contributed by atoms with Crippen molar-refractivity contribution in [2.24, 2.45) is 0 Å². The highest BCUT2D eigenvalue weighted by Gasteiger charge is 2.23. The van der Waals surface area contributed by atoms with Crippen molar-refractivity contribution in [2.45, 2.75) is 11.4 Å². The van der Waals surface area contributed by atoms with Gasteiger partial charge in [0, 0.05) is 18.6 Å². The number of rotatable bonds is 5. The number of nitrogens with zero attached hydrogens (tertiary/aromatic N) is 1. The van der Waals surface area contributed by atoms with E-state index in [4.69, 9.17) is 23.2 Å². The van der Waals surface area contributed by atoms with E-state index < -0.39 is 16.0 Å².